The van der Waals surface area contributed by atoms with Gasteiger partial charge in [-0.15, -0.1) is 0 Å². The number of ether oxygens (including phenoxy) is 4. The van der Waals surface area contributed by atoms with Crippen molar-refractivity contribution in [2.75, 3.05) is 25.7 Å². The zero-order valence-corrected chi connectivity index (χ0v) is 26.0. The highest BCUT2D eigenvalue weighted by Crippen LogP contribution is 2.41. The van der Waals surface area contributed by atoms with Crippen LogP contribution in [0.25, 0.3) is 0 Å². The molecule has 2 aromatic carbocycles. The molecule has 4 rings (SSSR count). The Labute approximate surface area is 245 Å². The van der Waals surface area contributed by atoms with E-state index in [9.17, 15) is 33.8 Å². The van der Waals surface area contributed by atoms with Crippen LogP contribution in [0.15, 0.2) is 36.4 Å². The predicted octanol–water partition coefficient (Wildman–Crippen LogP) is 2.91. The first-order valence-electron chi connectivity index (χ1n) is 13.5. The van der Waals surface area contributed by atoms with Gasteiger partial charge in [0.05, 0.1) is 19.8 Å². The van der Waals surface area contributed by atoms with Gasteiger partial charge in [0, 0.05) is 75.6 Å². The molecule has 15 heteroatoms. The molecule has 234 valence electrons. The number of aliphatic hydroxyl groups excluding tert-OH is 1. The van der Waals surface area contributed by atoms with Gasteiger partial charge in [0.1, 0.15) is 24.1 Å². The van der Waals surface area contributed by atoms with Gasteiger partial charge in [0.2, 0.25) is 11.6 Å². The van der Waals surface area contributed by atoms with Gasteiger partial charge in [0.25, 0.3) is 0 Å². The van der Waals surface area contributed by atoms with Gasteiger partial charge in [-0.3, -0.25) is 18.9 Å². The van der Waals surface area contributed by atoms with E-state index in [1.54, 1.807) is 52.0 Å². The second kappa shape index (κ2) is 12.6. The molecule has 2 aliphatic heterocycles. The molecule has 5 N–H and O–H groups in total. The number of hydrogen-bond acceptors (Lipinski definition) is 9. The zero-order chi connectivity index (χ0) is 30.9. The summed E-state index contributed by atoms with van der Waals surface area (Å²) in [5.41, 5.74) is 2.84. The number of fused-ring (bicyclic) bond motifs is 2. The summed E-state index contributed by atoms with van der Waals surface area (Å²) in [6, 6.07) is 9.90. The largest absolute Gasteiger partial charge is 0.462 e. The fourth-order valence-corrected chi connectivity index (χ4v) is 6.62. The van der Waals surface area contributed by atoms with Gasteiger partial charge in [-0.2, -0.15) is 0 Å². The number of aliphatic hydroxyl groups is 1. The van der Waals surface area contributed by atoms with Gasteiger partial charge < -0.3 is 43.6 Å². The third kappa shape index (κ3) is 9.07. The summed E-state index contributed by atoms with van der Waals surface area (Å²) < 4.78 is 47.9. The molecule has 0 amide bonds. The molecule has 0 saturated heterocycles. The average Bonchev–Trinajstić information content (AvgIpc) is 2.85. The smallest absolute Gasteiger partial charge is 0.339 e. The molecular formula is C27H40N2O11P2. The molecule has 0 saturated carbocycles. The number of nitrogens with zero attached hydrogens (tertiary/aromatic N) is 2. The number of para-hydroxylation sites is 2. The summed E-state index contributed by atoms with van der Waals surface area (Å²) in [6.45, 7) is 7.03. The molecule has 0 spiro atoms. The maximum Gasteiger partial charge on any atom is 0.339 e. The van der Waals surface area contributed by atoms with E-state index in [-0.39, 0.29) is 19.6 Å². The van der Waals surface area contributed by atoms with Crippen LogP contribution in [0, 0.1) is 0 Å². The van der Waals surface area contributed by atoms with Crippen LogP contribution in [-0.4, -0.2) is 77.8 Å². The van der Waals surface area contributed by atoms with Crippen molar-refractivity contribution in [1.29, 1.82) is 0 Å². The van der Waals surface area contributed by atoms with Gasteiger partial charge in [-0.25, -0.2) is 0 Å². The SMILES string of the molecule is CC1(C)OCc2cccc(CN(CC(CO)N(Cc3cccc4c3OC(C)(C)OC4)CP(=O)(O)O)CP(=O)(O)O)c2O1. The van der Waals surface area contributed by atoms with Crippen LogP contribution in [0.5, 0.6) is 11.5 Å². The molecule has 1 atom stereocenters. The van der Waals surface area contributed by atoms with Crippen LogP contribution in [0.2, 0.25) is 0 Å². The Kier molecular flexibility index (Phi) is 9.94. The number of hydrogen-bond donors (Lipinski definition) is 5. The van der Waals surface area contributed by atoms with Crippen LogP contribution in [-0.2, 0) is 44.9 Å². The highest BCUT2D eigenvalue weighted by Gasteiger charge is 2.34. The van der Waals surface area contributed by atoms with Crippen LogP contribution in [0.1, 0.15) is 49.9 Å². The minimum absolute atomic E-state index is 0.00524. The molecular weight excluding hydrogens is 590 g/mol. The Morgan fingerprint density at radius 1 is 0.786 bits per heavy atom. The van der Waals surface area contributed by atoms with Crippen molar-refractivity contribution < 1.29 is 52.8 Å². The first kappa shape index (κ1) is 33.0. The Morgan fingerprint density at radius 2 is 1.26 bits per heavy atom. The summed E-state index contributed by atoms with van der Waals surface area (Å²) >= 11 is 0. The zero-order valence-electron chi connectivity index (χ0n) is 24.2. The molecule has 0 aliphatic carbocycles. The van der Waals surface area contributed by atoms with Crippen molar-refractivity contribution in [3.63, 3.8) is 0 Å². The van der Waals surface area contributed by atoms with Crippen molar-refractivity contribution in [2.24, 2.45) is 0 Å². The van der Waals surface area contributed by atoms with E-state index in [4.69, 9.17) is 18.9 Å². The highest BCUT2D eigenvalue weighted by atomic mass is 31.2. The van der Waals surface area contributed by atoms with Gasteiger partial charge in [-0.1, -0.05) is 36.4 Å². The molecule has 2 aliphatic rings. The Balaban J connectivity index is 1.64. The monoisotopic (exact) mass is 630 g/mol. The normalized spacial score (nSPS) is 18.6. The van der Waals surface area contributed by atoms with E-state index in [0.717, 1.165) is 11.1 Å². The predicted molar refractivity (Wildman–Crippen MR) is 153 cm³/mol. The summed E-state index contributed by atoms with van der Waals surface area (Å²) in [4.78, 5) is 42.6. The highest BCUT2D eigenvalue weighted by molar-refractivity contribution is 7.51. The number of rotatable bonds is 12. The summed E-state index contributed by atoms with van der Waals surface area (Å²) in [5.74, 6) is -0.729. The van der Waals surface area contributed by atoms with Crippen LogP contribution in [0.3, 0.4) is 0 Å². The maximum absolute atomic E-state index is 12.2. The Morgan fingerprint density at radius 3 is 1.71 bits per heavy atom. The van der Waals surface area contributed by atoms with Crippen molar-refractivity contribution >= 4 is 15.2 Å². The summed E-state index contributed by atoms with van der Waals surface area (Å²) in [5, 5.41) is 10.5. The average molecular weight is 631 g/mol. The third-order valence-corrected chi connectivity index (χ3v) is 8.42. The van der Waals surface area contributed by atoms with E-state index in [1.807, 2.05) is 12.1 Å². The lowest BCUT2D eigenvalue weighted by atomic mass is 10.1. The molecule has 0 radical (unpaired) electrons. The standard InChI is InChI=1S/C27H40N2O11P2/c1-26(2)37-15-21-9-5-7-19(24(21)39-26)11-28(17-41(31,32)33)13-23(14-30)29(18-42(34,35)36)12-20-8-6-10-22-16-38-27(3,4)40-25(20)22/h5-10,23,30H,11-18H2,1-4H3,(H2,31,32,33)(H2,34,35,36). The molecule has 2 heterocycles. The van der Waals surface area contributed by atoms with E-state index in [1.165, 1.54) is 9.80 Å². The quantitative estimate of drug-likeness (QED) is 0.216. The van der Waals surface area contributed by atoms with Gasteiger partial charge in [0.15, 0.2) is 0 Å². The molecule has 42 heavy (non-hydrogen) atoms. The lowest BCUT2D eigenvalue weighted by Gasteiger charge is -2.38. The van der Waals surface area contributed by atoms with Crippen LogP contribution < -0.4 is 9.47 Å². The van der Waals surface area contributed by atoms with Crippen LogP contribution in [0.4, 0.5) is 0 Å². The molecule has 0 aromatic heterocycles. The van der Waals surface area contributed by atoms with E-state index in [0.29, 0.717) is 35.8 Å². The fourth-order valence-electron chi connectivity index (χ4n) is 5.08. The van der Waals surface area contributed by atoms with Crippen LogP contribution >= 0.6 is 15.2 Å². The first-order chi connectivity index (χ1) is 19.4. The van der Waals surface area contributed by atoms with E-state index in [2.05, 4.69) is 0 Å². The second-order valence-electron chi connectivity index (χ2n) is 11.6. The molecule has 2 aromatic rings. The van der Waals surface area contributed by atoms with E-state index < -0.39 is 52.0 Å². The Hall–Kier alpha value is -1.86. The minimum Gasteiger partial charge on any atom is -0.462 e. The van der Waals surface area contributed by atoms with Gasteiger partial charge >= 0.3 is 15.2 Å². The molecule has 0 bridgehead atoms. The maximum atomic E-state index is 12.2. The summed E-state index contributed by atoms with van der Waals surface area (Å²) in [6.07, 6.45) is -1.34. The first-order valence-corrected chi connectivity index (χ1v) is 17.1. The van der Waals surface area contributed by atoms with Gasteiger partial charge in [-0.05, 0) is 0 Å². The minimum atomic E-state index is -4.62. The van der Waals surface area contributed by atoms with Crippen molar-refractivity contribution in [3.8, 4) is 11.5 Å². The summed E-state index contributed by atoms with van der Waals surface area (Å²) in [7, 11) is -9.19. The lowest BCUT2D eigenvalue weighted by molar-refractivity contribution is -0.181. The van der Waals surface area contributed by atoms with E-state index >= 15 is 0 Å². The molecule has 0 fully saturated rings. The third-order valence-electron chi connectivity index (χ3n) is 6.92. The molecule has 13 nitrogen and oxygen atoms in total. The van der Waals surface area contributed by atoms with Crippen molar-refractivity contribution in [3.05, 3.63) is 58.7 Å². The van der Waals surface area contributed by atoms with Crippen molar-refractivity contribution in [1.82, 2.24) is 9.80 Å². The second-order valence-corrected chi connectivity index (χ2v) is 14.8. The lowest BCUT2D eigenvalue weighted by Crippen LogP contribution is -2.46. The number of benzene rings is 2. The molecule has 1 unspecified atom stereocenters. The fraction of sp³-hybridized carbons (Fsp3) is 0.556. The van der Waals surface area contributed by atoms with Crippen molar-refractivity contribution in [2.45, 2.75) is 71.6 Å². The topological polar surface area (TPSA) is 179 Å². The Bertz CT molecular complexity index is 1360.